The molecule has 0 aromatic rings. The van der Waals surface area contributed by atoms with Crippen LogP contribution in [0.2, 0.25) is 0 Å². The first-order valence-corrected chi connectivity index (χ1v) is 4.61. The van der Waals surface area contributed by atoms with Crippen molar-refractivity contribution in [3.05, 3.63) is 0 Å². The Morgan fingerprint density at radius 3 is 2.67 bits per heavy atom. The van der Waals surface area contributed by atoms with E-state index < -0.39 is 9.03 Å². The Bertz CT molecular complexity index is 141. The van der Waals surface area contributed by atoms with Crippen LogP contribution in [0.1, 0.15) is 6.92 Å². The van der Waals surface area contributed by atoms with E-state index in [4.69, 9.17) is 4.52 Å². The minimum Gasteiger partial charge on any atom is -0.810 e. The fraction of sp³-hybridized carbons (Fsp3) is 0.857. The summed E-state index contributed by atoms with van der Waals surface area (Å²) in [6.45, 7) is 3.11. The molecular weight excluding hydrogens is 177 g/mol. The van der Waals surface area contributed by atoms with Crippen molar-refractivity contribution in [3.8, 4) is 0 Å². The van der Waals surface area contributed by atoms with E-state index in [2.05, 4.69) is 0 Å². The van der Waals surface area contributed by atoms with Crippen LogP contribution >= 0.6 is 9.03 Å². The quantitative estimate of drug-likeness (QED) is 0.332. The second kappa shape index (κ2) is 5.60. The van der Waals surface area contributed by atoms with Crippen molar-refractivity contribution in [1.82, 2.24) is 0 Å². The molecule has 0 radical (unpaired) electrons. The Kier molecular flexibility index (Phi) is 5.59. The molecule has 0 spiro atoms. The average Bonchev–Trinajstić information content (AvgIpc) is 2.00. The lowest BCUT2D eigenvalue weighted by atomic mass is 10.2. The fourth-order valence-electron chi connectivity index (χ4n) is 1.08. The highest BCUT2D eigenvalue weighted by Gasteiger charge is 2.17. The summed E-state index contributed by atoms with van der Waals surface area (Å²) < 4.78 is 5.04. The number of carbonyl (C=O) groups is 1. The maximum Gasteiger partial charge on any atom is 0.301 e. The summed E-state index contributed by atoms with van der Waals surface area (Å²) in [4.78, 5) is 20.5. The van der Waals surface area contributed by atoms with Crippen molar-refractivity contribution in [2.24, 2.45) is 5.92 Å². The van der Waals surface area contributed by atoms with Gasteiger partial charge in [0, 0.05) is 5.92 Å². The number of quaternary nitrogens is 1. The Hall–Kier alpha value is -0.0200. The number of nitrogens with zero attached hydrogens (tertiary/aromatic N) is 1. The molecule has 0 bridgehead atoms. The molecule has 12 heavy (non-hydrogen) atoms. The van der Waals surface area contributed by atoms with E-state index in [1.807, 2.05) is 21.0 Å². The third kappa shape index (κ3) is 5.61. The summed E-state index contributed by atoms with van der Waals surface area (Å²) in [6, 6.07) is 0. The predicted molar refractivity (Wildman–Crippen MR) is 46.5 cm³/mol. The minimum absolute atomic E-state index is 0.242. The normalized spacial score (nSPS) is 15.3. The van der Waals surface area contributed by atoms with Crippen LogP contribution < -0.4 is 4.89 Å². The zero-order valence-corrected chi connectivity index (χ0v) is 8.74. The first-order valence-electron chi connectivity index (χ1n) is 3.80. The van der Waals surface area contributed by atoms with Crippen LogP contribution in [0, 0.1) is 5.92 Å². The first kappa shape index (κ1) is 12.0. The van der Waals surface area contributed by atoms with E-state index >= 15 is 0 Å². The van der Waals surface area contributed by atoms with Crippen molar-refractivity contribution in [3.63, 3.8) is 0 Å². The minimum atomic E-state index is -0.708. The molecule has 0 saturated heterocycles. The standard InChI is InChI=1S/C7H16NO3P/c1-7(5-11-12-10)4-8(2,3)6-9/h6-7,12H,4-5H2,1-3H3. The van der Waals surface area contributed by atoms with E-state index in [-0.39, 0.29) is 5.92 Å². The Morgan fingerprint density at radius 2 is 2.25 bits per heavy atom. The molecule has 0 aromatic heterocycles. The van der Waals surface area contributed by atoms with E-state index in [0.29, 0.717) is 17.6 Å². The zero-order valence-electron chi connectivity index (χ0n) is 7.74. The maximum absolute atomic E-state index is 10.5. The van der Waals surface area contributed by atoms with E-state index in [0.717, 1.165) is 6.41 Å². The topological polar surface area (TPSA) is 49.4 Å². The van der Waals surface area contributed by atoms with Gasteiger partial charge in [-0.1, -0.05) is 16.0 Å². The second-order valence-corrected chi connectivity index (χ2v) is 4.02. The maximum atomic E-state index is 10.5. The molecule has 0 fully saturated rings. The third-order valence-corrected chi connectivity index (χ3v) is 1.78. The molecule has 0 aliphatic rings. The predicted octanol–water partition coefficient (Wildman–Crippen LogP) is -0.259. The first-order chi connectivity index (χ1) is 5.52. The Labute approximate surface area is 75.1 Å². The lowest BCUT2D eigenvalue weighted by molar-refractivity contribution is -0.808. The highest BCUT2D eigenvalue weighted by molar-refractivity contribution is 7.23. The number of hydrogen-bond donors (Lipinski definition) is 0. The van der Waals surface area contributed by atoms with Gasteiger partial charge < -0.3 is 9.42 Å². The molecule has 0 saturated carbocycles. The summed E-state index contributed by atoms with van der Waals surface area (Å²) in [7, 11) is 2.94. The van der Waals surface area contributed by atoms with E-state index in [9.17, 15) is 9.69 Å². The summed E-state index contributed by atoms with van der Waals surface area (Å²) in [5.41, 5.74) is 0. The Morgan fingerprint density at radius 1 is 1.67 bits per heavy atom. The largest absolute Gasteiger partial charge is 0.810 e. The summed E-state index contributed by atoms with van der Waals surface area (Å²) in [5, 5.41) is 0. The van der Waals surface area contributed by atoms with Crippen molar-refractivity contribution in [1.29, 1.82) is 0 Å². The van der Waals surface area contributed by atoms with Gasteiger partial charge in [-0.3, -0.25) is 4.48 Å². The molecule has 2 atom stereocenters. The number of carbonyl (C=O) groups excluding carboxylic acids is 1. The molecule has 0 aliphatic heterocycles. The smallest absolute Gasteiger partial charge is 0.301 e. The average molecular weight is 193 g/mol. The molecule has 0 aromatic carbocycles. The van der Waals surface area contributed by atoms with Crippen LogP contribution in [0.15, 0.2) is 0 Å². The van der Waals surface area contributed by atoms with Crippen molar-refractivity contribution >= 4 is 15.4 Å². The molecule has 0 rings (SSSR count). The SMILES string of the molecule is CC(COP[O-])C[N+](C)(C)C=O. The highest BCUT2D eigenvalue weighted by Crippen LogP contribution is 2.07. The molecule has 1 amide bonds. The van der Waals surface area contributed by atoms with E-state index in [1.165, 1.54) is 0 Å². The fourth-order valence-corrected chi connectivity index (χ4v) is 1.43. The monoisotopic (exact) mass is 193 g/mol. The number of amides is 1. The van der Waals surface area contributed by atoms with Gasteiger partial charge in [0.15, 0.2) is 0 Å². The third-order valence-electron chi connectivity index (χ3n) is 1.49. The van der Waals surface area contributed by atoms with Crippen molar-refractivity contribution in [2.75, 3.05) is 27.2 Å². The van der Waals surface area contributed by atoms with Crippen molar-refractivity contribution < 1.29 is 18.7 Å². The van der Waals surface area contributed by atoms with Crippen LogP contribution in [-0.2, 0) is 9.32 Å². The summed E-state index contributed by atoms with van der Waals surface area (Å²) >= 11 is 0. The molecule has 0 N–H and O–H groups in total. The van der Waals surface area contributed by atoms with Gasteiger partial charge in [-0.15, -0.1) is 0 Å². The summed E-state index contributed by atoms with van der Waals surface area (Å²) in [6.07, 6.45) is 0.885. The van der Waals surface area contributed by atoms with Crippen LogP contribution in [0.5, 0.6) is 0 Å². The number of rotatable bonds is 6. The van der Waals surface area contributed by atoms with E-state index in [1.54, 1.807) is 0 Å². The molecule has 0 heterocycles. The van der Waals surface area contributed by atoms with Crippen LogP contribution in [0.3, 0.4) is 0 Å². The zero-order chi connectivity index (χ0) is 9.61. The second-order valence-electron chi connectivity index (χ2n) is 3.57. The lowest BCUT2D eigenvalue weighted by Gasteiger charge is -2.25. The van der Waals surface area contributed by atoms with Gasteiger partial charge in [-0.25, -0.2) is 4.79 Å². The van der Waals surface area contributed by atoms with Crippen LogP contribution in [-0.4, -0.2) is 38.1 Å². The number of hydrogen-bond acceptors (Lipinski definition) is 3. The van der Waals surface area contributed by atoms with Gasteiger partial charge in [-0.05, 0) is 0 Å². The van der Waals surface area contributed by atoms with Gasteiger partial charge >= 0.3 is 6.41 Å². The molecule has 4 nitrogen and oxygen atoms in total. The summed E-state index contributed by atoms with van der Waals surface area (Å²) in [5.74, 6) is 0.242. The molecule has 5 heteroatoms. The molecule has 2 unspecified atom stereocenters. The van der Waals surface area contributed by atoms with Gasteiger partial charge in [0.05, 0.1) is 27.2 Å². The molecule has 0 aliphatic carbocycles. The lowest BCUT2D eigenvalue weighted by Crippen LogP contribution is -2.42. The Balaban J connectivity index is 3.67. The van der Waals surface area contributed by atoms with Gasteiger partial charge in [0.2, 0.25) is 0 Å². The van der Waals surface area contributed by atoms with Crippen LogP contribution in [0.25, 0.3) is 0 Å². The van der Waals surface area contributed by atoms with Gasteiger partial charge in [0.1, 0.15) is 0 Å². The molecule has 72 valence electrons. The highest BCUT2D eigenvalue weighted by atomic mass is 31.1. The van der Waals surface area contributed by atoms with Gasteiger partial charge in [-0.2, -0.15) is 0 Å². The van der Waals surface area contributed by atoms with Crippen molar-refractivity contribution in [2.45, 2.75) is 6.92 Å². The van der Waals surface area contributed by atoms with Gasteiger partial charge in [0.25, 0.3) is 0 Å². The molecular formula is C7H16NO3P. The van der Waals surface area contributed by atoms with Crippen LogP contribution in [0.4, 0.5) is 0 Å².